The van der Waals surface area contributed by atoms with E-state index in [0.717, 1.165) is 22.4 Å². The van der Waals surface area contributed by atoms with Gasteiger partial charge in [-0.2, -0.15) is 0 Å². The van der Waals surface area contributed by atoms with Gasteiger partial charge in [-0.25, -0.2) is 9.97 Å². The molecule has 4 aromatic rings. The van der Waals surface area contributed by atoms with Crippen molar-refractivity contribution >= 4 is 23.3 Å². The fourth-order valence-corrected chi connectivity index (χ4v) is 2.35. The lowest BCUT2D eigenvalue weighted by Gasteiger charge is -1.92. The number of hydrogen-bond donors (Lipinski definition) is 0. The van der Waals surface area contributed by atoms with Crippen LogP contribution in [0.2, 0.25) is 0 Å². The van der Waals surface area contributed by atoms with Crippen molar-refractivity contribution in [2.24, 2.45) is 0 Å². The molecule has 0 aliphatic heterocycles. The molecule has 2 heterocycles. The summed E-state index contributed by atoms with van der Waals surface area (Å²) >= 11 is 0. The number of benzene rings is 2. The monoisotopic (exact) mass is 344 g/mol. The van der Waals surface area contributed by atoms with Crippen LogP contribution >= 0.6 is 0 Å². The second-order valence-electron chi connectivity index (χ2n) is 5.45. The number of hydrogen-bond acceptors (Lipinski definition) is 4. The number of aromatic nitrogens is 2. The Morgan fingerprint density at radius 2 is 1.46 bits per heavy atom. The fraction of sp³-hybridized carbons (Fsp3) is 0.0909. The number of rotatable bonds is 3. The smallest absolute Gasteiger partial charge is 0.219 e. The van der Waals surface area contributed by atoms with Gasteiger partial charge in [0.05, 0.1) is 6.20 Å². The third-order valence-electron chi connectivity index (χ3n) is 3.51. The lowest BCUT2D eigenvalue weighted by Crippen LogP contribution is -1.69. The summed E-state index contributed by atoms with van der Waals surface area (Å²) < 4.78 is 10.9. The predicted molar refractivity (Wildman–Crippen MR) is 105 cm³/mol. The minimum atomic E-state index is 0.645. The fourth-order valence-electron chi connectivity index (χ4n) is 2.35. The van der Waals surface area contributed by atoms with E-state index in [0.29, 0.717) is 11.8 Å². The Balaban J connectivity index is 0.000000152. The highest BCUT2D eigenvalue weighted by atomic mass is 16.4. The van der Waals surface area contributed by atoms with Crippen LogP contribution < -0.4 is 0 Å². The first kappa shape index (κ1) is 17.4. The predicted octanol–water partition coefficient (Wildman–Crippen LogP) is 6.24. The second kappa shape index (κ2) is 8.62. The van der Waals surface area contributed by atoms with Gasteiger partial charge in [0.25, 0.3) is 0 Å². The first-order valence-electron chi connectivity index (χ1n) is 8.42. The summed E-state index contributed by atoms with van der Waals surface area (Å²) in [4.78, 5) is 8.38. The number of para-hydroxylation sites is 2. The zero-order chi connectivity index (χ0) is 18.2. The van der Waals surface area contributed by atoms with E-state index in [-0.39, 0.29) is 0 Å². The van der Waals surface area contributed by atoms with Crippen LogP contribution in [0, 0.1) is 0 Å². The molecule has 0 aliphatic carbocycles. The van der Waals surface area contributed by atoms with Crippen LogP contribution in [0.3, 0.4) is 0 Å². The number of nitrogens with zero attached hydrogens (tertiary/aromatic N) is 2. The van der Waals surface area contributed by atoms with Crippen molar-refractivity contribution in [2.45, 2.75) is 13.8 Å². The topological polar surface area (TPSA) is 52.1 Å². The molecule has 4 heteroatoms. The van der Waals surface area contributed by atoms with Gasteiger partial charge in [-0.05, 0) is 38.1 Å². The zero-order valence-corrected chi connectivity index (χ0v) is 14.8. The highest BCUT2D eigenvalue weighted by Crippen LogP contribution is 2.20. The average molecular weight is 344 g/mol. The van der Waals surface area contributed by atoms with Gasteiger partial charge in [-0.15, -0.1) is 0 Å². The van der Waals surface area contributed by atoms with E-state index in [1.807, 2.05) is 92.7 Å². The van der Waals surface area contributed by atoms with E-state index in [4.69, 9.17) is 8.83 Å². The average Bonchev–Trinajstić information content (AvgIpc) is 3.30. The molecule has 2 aromatic carbocycles. The minimum absolute atomic E-state index is 0.645. The van der Waals surface area contributed by atoms with Gasteiger partial charge in [0.15, 0.2) is 11.3 Å². The van der Waals surface area contributed by atoms with E-state index >= 15 is 0 Å². The van der Waals surface area contributed by atoms with Crippen LogP contribution in [0.1, 0.15) is 25.6 Å². The molecule has 0 saturated heterocycles. The van der Waals surface area contributed by atoms with Crippen LogP contribution in [0.4, 0.5) is 0 Å². The van der Waals surface area contributed by atoms with Crippen molar-refractivity contribution < 1.29 is 8.83 Å². The van der Waals surface area contributed by atoms with Gasteiger partial charge in [0.1, 0.15) is 5.52 Å². The van der Waals surface area contributed by atoms with E-state index in [1.54, 1.807) is 6.20 Å². The first-order valence-corrected chi connectivity index (χ1v) is 8.42. The van der Waals surface area contributed by atoms with Gasteiger partial charge in [0.2, 0.25) is 11.8 Å². The lowest BCUT2D eigenvalue weighted by molar-refractivity contribution is 0.560. The van der Waals surface area contributed by atoms with Crippen LogP contribution in [-0.2, 0) is 0 Å². The Labute approximate surface area is 152 Å². The van der Waals surface area contributed by atoms with Crippen LogP contribution in [0.15, 0.2) is 81.8 Å². The highest BCUT2D eigenvalue weighted by molar-refractivity contribution is 5.73. The summed E-state index contributed by atoms with van der Waals surface area (Å²) in [5, 5.41) is 0. The highest BCUT2D eigenvalue weighted by Gasteiger charge is 2.02. The van der Waals surface area contributed by atoms with Gasteiger partial charge in [-0.3, -0.25) is 0 Å². The zero-order valence-electron chi connectivity index (χ0n) is 14.8. The Morgan fingerprint density at radius 3 is 2.19 bits per heavy atom. The molecule has 26 heavy (non-hydrogen) atoms. The molecule has 0 amide bonds. The normalized spacial score (nSPS) is 11.2. The maximum absolute atomic E-state index is 5.51. The van der Waals surface area contributed by atoms with Crippen molar-refractivity contribution in [2.75, 3.05) is 0 Å². The molecule has 0 spiro atoms. The molecule has 0 bridgehead atoms. The molecule has 0 radical (unpaired) electrons. The Kier molecular flexibility index (Phi) is 5.78. The number of fused-ring (bicyclic) bond motifs is 1. The SMILES string of the molecule is C/C=C/c1nc2ccccc2o1.C/C=C/c1ncc(-c2ccccc2)o1. The van der Waals surface area contributed by atoms with Gasteiger partial charge in [-0.1, -0.05) is 54.6 Å². The van der Waals surface area contributed by atoms with Crippen molar-refractivity contribution in [3.8, 4) is 11.3 Å². The molecule has 4 rings (SSSR count). The van der Waals surface area contributed by atoms with Crippen molar-refractivity contribution in [1.29, 1.82) is 0 Å². The van der Waals surface area contributed by atoms with Gasteiger partial charge >= 0.3 is 0 Å². The van der Waals surface area contributed by atoms with Gasteiger partial charge < -0.3 is 8.83 Å². The Bertz CT molecular complexity index is 978. The Morgan fingerprint density at radius 1 is 0.769 bits per heavy atom. The summed E-state index contributed by atoms with van der Waals surface area (Å²) in [6.45, 7) is 3.88. The first-order chi connectivity index (χ1) is 12.8. The largest absolute Gasteiger partial charge is 0.437 e. The maximum Gasteiger partial charge on any atom is 0.219 e. The van der Waals surface area contributed by atoms with Crippen molar-refractivity contribution in [1.82, 2.24) is 9.97 Å². The third kappa shape index (κ3) is 4.36. The molecule has 0 unspecified atom stereocenters. The molecular weight excluding hydrogens is 324 g/mol. The van der Waals surface area contributed by atoms with Crippen molar-refractivity contribution in [3.63, 3.8) is 0 Å². The molecule has 130 valence electrons. The minimum Gasteiger partial charge on any atom is -0.437 e. The summed E-state index contributed by atoms with van der Waals surface area (Å²) in [6.07, 6.45) is 9.24. The Hall–Kier alpha value is -3.40. The summed E-state index contributed by atoms with van der Waals surface area (Å²) in [6, 6.07) is 17.7. The number of allylic oxidation sites excluding steroid dienone is 2. The maximum atomic E-state index is 5.51. The molecule has 0 N–H and O–H groups in total. The standard InChI is InChI=1S/C12H11NO.C10H9NO/c1-2-6-12-13-9-11(14-12)10-7-4-3-5-8-10;1-2-5-10-11-8-6-3-4-7-9(8)12-10/h2-9H,1H3;2-7H,1H3/b6-2+;5-2+. The second-order valence-corrected chi connectivity index (χ2v) is 5.45. The van der Waals surface area contributed by atoms with E-state index in [2.05, 4.69) is 9.97 Å². The number of oxazole rings is 2. The van der Waals surface area contributed by atoms with E-state index < -0.39 is 0 Å². The molecule has 2 aromatic heterocycles. The molecule has 0 saturated carbocycles. The molecule has 0 fully saturated rings. The van der Waals surface area contributed by atoms with E-state index in [9.17, 15) is 0 Å². The quantitative estimate of drug-likeness (QED) is 0.442. The van der Waals surface area contributed by atoms with Crippen LogP contribution in [0.25, 0.3) is 34.6 Å². The molecule has 0 atom stereocenters. The van der Waals surface area contributed by atoms with E-state index in [1.165, 1.54) is 0 Å². The van der Waals surface area contributed by atoms with Gasteiger partial charge in [0, 0.05) is 5.56 Å². The summed E-state index contributed by atoms with van der Waals surface area (Å²) in [7, 11) is 0. The molecule has 4 nitrogen and oxygen atoms in total. The molecule has 0 aliphatic rings. The summed E-state index contributed by atoms with van der Waals surface area (Å²) in [5.74, 6) is 2.11. The van der Waals surface area contributed by atoms with Crippen molar-refractivity contribution in [3.05, 3.63) is 84.7 Å². The van der Waals surface area contributed by atoms with Crippen LogP contribution in [-0.4, -0.2) is 9.97 Å². The molecular formula is C22H20N2O2. The lowest BCUT2D eigenvalue weighted by atomic mass is 10.2. The van der Waals surface area contributed by atoms with Crippen LogP contribution in [0.5, 0.6) is 0 Å². The summed E-state index contributed by atoms with van der Waals surface area (Å²) in [5.41, 5.74) is 2.80. The third-order valence-corrected chi connectivity index (χ3v) is 3.51.